The molecule has 1 fully saturated rings. The molecule has 136 valence electrons. The van der Waals surface area contributed by atoms with Crippen LogP contribution >= 0.6 is 24.0 Å². The van der Waals surface area contributed by atoms with Crippen LogP contribution in [-0.4, -0.2) is 56.0 Å². The Labute approximate surface area is 164 Å². The normalized spacial score (nSPS) is 18.5. The fraction of sp³-hybridized carbons (Fsp3) is 0.632. The zero-order chi connectivity index (χ0) is 16.7. The molecule has 1 atom stereocenters. The van der Waals surface area contributed by atoms with Gasteiger partial charge >= 0.3 is 0 Å². The standard InChI is InChI=1S/C19H32N4.HI/c1-16(2)14-23-11-10-18(15-23)13-21-19(22(3)4)20-12-17-8-6-5-7-9-17;/h5-9,16,18H,10-15H2,1-4H3,(H,20,21);1H. The molecule has 0 aliphatic carbocycles. The van der Waals surface area contributed by atoms with Gasteiger partial charge in [-0.2, -0.15) is 0 Å². The minimum atomic E-state index is 0. The van der Waals surface area contributed by atoms with E-state index in [0.717, 1.165) is 30.9 Å². The Morgan fingerprint density at radius 1 is 1.29 bits per heavy atom. The summed E-state index contributed by atoms with van der Waals surface area (Å²) in [4.78, 5) is 9.40. The molecule has 0 bridgehead atoms. The third-order valence-electron chi connectivity index (χ3n) is 4.22. The number of guanidine groups is 1. The molecular formula is C19H33IN4. The van der Waals surface area contributed by atoms with Crippen molar-refractivity contribution in [1.29, 1.82) is 0 Å². The zero-order valence-corrected chi connectivity index (χ0v) is 17.9. The highest BCUT2D eigenvalue weighted by molar-refractivity contribution is 14.0. The summed E-state index contributed by atoms with van der Waals surface area (Å²) in [6.07, 6.45) is 1.29. The minimum absolute atomic E-state index is 0. The molecule has 1 N–H and O–H groups in total. The maximum Gasteiger partial charge on any atom is 0.193 e. The summed E-state index contributed by atoms with van der Waals surface area (Å²) in [5, 5.41) is 3.55. The molecule has 1 aliphatic heterocycles. The van der Waals surface area contributed by atoms with Crippen molar-refractivity contribution in [3.8, 4) is 0 Å². The summed E-state index contributed by atoms with van der Waals surface area (Å²) in [6.45, 7) is 10.0. The number of nitrogens with zero attached hydrogens (tertiary/aromatic N) is 3. The lowest BCUT2D eigenvalue weighted by Crippen LogP contribution is -2.39. The van der Waals surface area contributed by atoms with Crippen molar-refractivity contribution in [3.05, 3.63) is 35.9 Å². The number of aliphatic imine (C=N–C) groups is 1. The van der Waals surface area contributed by atoms with Crippen molar-refractivity contribution in [2.45, 2.75) is 26.8 Å². The first kappa shape index (κ1) is 21.2. The van der Waals surface area contributed by atoms with Crippen molar-refractivity contribution in [1.82, 2.24) is 15.1 Å². The third kappa shape index (κ3) is 7.38. The van der Waals surface area contributed by atoms with Crippen LogP contribution in [-0.2, 0) is 6.54 Å². The quantitative estimate of drug-likeness (QED) is 0.415. The van der Waals surface area contributed by atoms with Gasteiger partial charge in [-0.25, -0.2) is 4.99 Å². The molecule has 1 aliphatic rings. The third-order valence-corrected chi connectivity index (χ3v) is 4.22. The van der Waals surface area contributed by atoms with Gasteiger partial charge in [0.1, 0.15) is 0 Å². The molecule has 0 saturated carbocycles. The molecule has 2 rings (SSSR count). The van der Waals surface area contributed by atoms with E-state index in [1.807, 2.05) is 6.07 Å². The largest absolute Gasteiger partial charge is 0.356 e. The fourth-order valence-electron chi connectivity index (χ4n) is 3.10. The maximum absolute atomic E-state index is 4.74. The van der Waals surface area contributed by atoms with Gasteiger partial charge in [0, 0.05) is 33.7 Å². The summed E-state index contributed by atoms with van der Waals surface area (Å²) in [5.41, 5.74) is 1.25. The molecule has 1 aromatic carbocycles. The Morgan fingerprint density at radius 2 is 2.00 bits per heavy atom. The number of hydrogen-bond acceptors (Lipinski definition) is 2. The predicted octanol–water partition coefficient (Wildman–Crippen LogP) is 3.29. The monoisotopic (exact) mass is 444 g/mol. The molecule has 0 spiro atoms. The van der Waals surface area contributed by atoms with E-state index in [2.05, 4.69) is 67.3 Å². The van der Waals surface area contributed by atoms with E-state index in [0.29, 0.717) is 0 Å². The van der Waals surface area contributed by atoms with E-state index >= 15 is 0 Å². The number of nitrogens with one attached hydrogen (secondary N) is 1. The number of benzene rings is 1. The van der Waals surface area contributed by atoms with E-state index in [9.17, 15) is 0 Å². The fourth-order valence-corrected chi connectivity index (χ4v) is 3.10. The average Bonchev–Trinajstić information content (AvgIpc) is 2.94. The van der Waals surface area contributed by atoms with E-state index in [4.69, 9.17) is 4.99 Å². The molecule has 0 amide bonds. The Kier molecular flexibility index (Phi) is 9.66. The Morgan fingerprint density at radius 3 is 2.62 bits per heavy atom. The Bertz CT molecular complexity index is 487. The number of halogens is 1. The summed E-state index contributed by atoms with van der Waals surface area (Å²) in [7, 11) is 4.10. The molecule has 4 nitrogen and oxygen atoms in total. The maximum atomic E-state index is 4.74. The van der Waals surface area contributed by atoms with Gasteiger partial charge < -0.3 is 15.1 Å². The molecule has 1 heterocycles. The molecular weight excluding hydrogens is 411 g/mol. The second kappa shape index (κ2) is 10.9. The van der Waals surface area contributed by atoms with Gasteiger partial charge in [0.05, 0.1) is 6.54 Å². The van der Waals surface area contributed by atoms with E-state index in [1.165, 1.54) is 31.6 Å². The van der Waals surface area contributed by atoms with Crippen LogP contribution in [0.15, 0.2) is 35.3 Å². The molecule has 0 radical (unpaired) electrons. The topological polar surface area (TPSA) is 30.9 Å². The second-order valence-corrected chi connectivity index (χ2v) is 7.21. The molecule has 24 heavy (non-hydrogen) atoms. The summed E-state index contributed by atoms with van der Waals surface area (Å²) in [6, 6.07) is 10.4. The molecule has 1 saturated heterocycles. The highest BCUT2D eigenvalue weighted by Gasteiger charge is 2.22. The van der Waals surface area contributed by atoms with Gasteiger partial charge in [-0.05, 0) is 30.4 Å². The van der Waals surface area contributed by atoms with Gasteiger partial charge in [-0.15, -0.1) is 24.0 Å². The van der Waals surface area contributed by atoms with Crippen LogP contribution in [0.1, 0.15) is 25.8 Å². The highest BCUT2D eigenvalue weighted by Crippen LogP contribution is 2.16. The molecule has 1 aromatic rings. The number of hydrogen-bond donors (Lipinski definition) is 1. The van der Waals surface area contributed by atoms with Crippen LogP contribution in [0.3, 0.4) is 0 Å². The highest BCUT2D eigenvalue weighted by atomic mass is 127. The lowest BCUT2D eigenvalue weighted by Gasteiger charge is -2.21. The number of likely N-dealkylation sites (tertiary alicyclic amines) is 1. The van der Waals surface area contributed by atoms with Crippen LogP contribution in [0.2, 0.25) is 0 Å². The zero-order valence-electron chi connectivity index (χ0n) is 15.5. The Hall–Kier alpha value is -0.820. The van der Waals surface area contributed by atoms with Crippen molar-refractivity contribution < 1.29 is 0 Å². The smallest absolute Gasteiger partial charge is 0.193 e. The van der Waals surface area contributed by atoms with Crippen LogP contribution < -0.4 is 5.32 Å². The Balaban J connectivity index is 0.00000288. The van der Waals surface area contributed by atoms with Gasteiger partial charge in [0.2, 0.25) is 0 Å². The average molecular weight is 444 g/mol. The van der Waals surface area contributed by atoms with Crippen molar-refractivity contribution in [3.63, 3.8) is 0 Å². The first-order valence-electron chi connectivity index (χ1n) is 8.76. The van der Waals surface area contributed by atoms with Crippen LogP contribution in [0, 0.1) is 11.8 Å². The van der Waals surface area contributed by atoms with Crippen molar-refractivity contribution >= 4 is 29.9 Å². The molecule has 0 aromatic heterocycles. The second-order valence-electron chi connectivity index (χ2n) is 7.21. The van der Waals surface area contributed by atoms with Gasteiger partial charge in [-0.3, -0.25) is 0 Å². The van der Waals surface area contributed by atoms with Crippen molar-refractivity contribution in [2.24, 2.45) is 16.8 Å². The van der Waals surface area contributed by atoms with Crippen LogP contribution in [0.25, 0.3) is 0 Å². The summed E-state index contributed by atoms with van der Waals surface area (Å²) >= 11 is 0. The lowest BCUT2D eigenvalue weighted by atomic mass is 10.1. The first-order valence-corrected chi connectivity index (χ1v) is 8.76. The van der Waals surface area contributed by atoms with Gasteiger partial charge in [0.25, 0.3) is 0 Å². The van der Waals surface area contributed by atoms with Crippen molar-refractivity contribution in [2.75, 3.05) is 40.3 Å². The van der Waals surface area contributed by atoms with Crippen LogP contribution in [0.4, 0.5) is 0 Å². The van der Waals surface area contributed by atoms with E-state index < -0.39 is 0 Å². The summed E-state index contributed by atoms with van der Waals surface area (Å²) < 4.78 is 0. The van der Waals surface area contributed by atoms with E-state index in [-0.39, 0.29) is 24.0 Å². The minimum Gasteiger partial charge on any atom is -0.356 e. The van der Waals surface area contributed by atoms with Gasteiger partial charge in [-0.1, -0.05) is 44.2 Å². The summed E-state index contributed by atoms with van der Waals surface area (Å²) in [5.74, 6) is 2.47. The number of rotatable bonds is 6. The SMILES string of the molecule is CC(C)CN1CCC(CNC(=NCc2ccccc2)N(C)C)C1.I. The molecule has 1 unspecified atom stereocenters. The predicted molar refractivity (Wildman–Crippen MR) is 114 cm³/mol. The molecule has 5 heteroatoms. The lowest BCUT2D eigenvalue weighted by molar-refractivity contribution is 0.287. The van der Waals surface area contributed by atoms with E-state index in [1.54, 1.807) is 0 Å². The van der Waals surface area contributed by atoms with Crippen LogP contribution in [0.5, 0.6) is 0 Å². The first-order chi connectivity index (χ1) is 11.0. The van der Waals surface area contributed by atoms with Gasteiger partial charge in [0.15, 0.2) is 5.96 Å².